The molecule has 5 heteroatoms. The lowest BCUT2D eigenvalue weighted by atomic mass is 9.98. The van der Waals surface area contributed by atoms with Gasteiger partial charge in [-0.05, 0) is 36.1 Å². The molecule has 0 spiro atoms. The van der Waals surface area contributed by atoms with E-state index in [9.17, 15) is 5.11 Å². The molecule has 3 rings (SSSR count). The average Bonchev–Trinajstić information content (AvgIpc) is 2.88. The molecule has 2 aliphatic rings. The first-order chi connectivity index (χ1) is 8.75. The van der Waals surface area contributed by atoms with Gasteiger partial charge in [0.25, 0.3) is 0 Å². The fraction of sp³-hybridized carbons (Fsp3) is 0.385. The molecule has 0 amide bonds. The van der Waals surface area contributed by atoms with Gasteiger partial charge in [-0.3, -0.25) is 0 Å². The van der Waals surface area contributed by atoms with Crippen LogP contribution in [0, 0.1) is 0 Å². The lowest BCUT2D eigenvalue weighted by Gasteiger charge is -2.19. The quantitative estimate of drug-likeness (QED) is 0.896. The Morgan fingerprint density at radius 1 is 1.28 bits per heavy atom. The van der Waals surface area contributed by atoms with E-state index in [1.807, 2.05) is 0 Å². The van der Waals surface area contributed by atoms with Crippen molar-refractivity contribution in [1.29, 1.82) is 0 Å². The molecule has 0 aromatic heterocycles. The van der Waals surface area contributed by atoms with Crippen molar-refractivity contribution in [3.05, 3.63) is 34.6 Å². The van der Waals surface area contributed by atoms with Gasteiger partial charge in [0, 0.05) is 0 Å². The van der Waals surface area contributed by atoms with Crippen molar-refractivity contribution >= 4 is 11.6 Å². The summed E-state index contributed by atoms with van der Waals surface area (Å²) < 4.78 is 15.8. The molecule has 1 unspecified atom stereocenters. The zero-order valence-electron chi connectivity index (χ0n) is 9.69. The zero-order valence-corrected chi connectivity index (χ0v) is 10.4. The molecule has 96 valence electrons. The number of aliphatic hydroxyl groups excluding tert-OH is 1. The van der Waals surface area contributed by atoms with Gasteiger partial charge in [-0.15, -0.1) is 0 Å². The molecule has 4 nitrogen and oxygen atoms in total. The van der Waals surface area contributed by atoms with E-state index in [2.05, 4.69) is 0 Å². The van der Waals surface area contributed by atoms with Crippen LogP contribution in [0.25, 0.3) is 0 Å². The molecule has 0 saturated heterocycles. The van der Waals surface area contributed by atoms with Crippen molar-refractivity contribution in [1.82, 2.24) is 0 Å². The highest BCUT2D eigenvalue weighted by Gasteiger charge is 2.23. The summed E-state index contributed by atoms with van der Waals surface area (Å²) in [5, 5.41) is 10.8. The number of aliphatic hydroxyl groups is 1. The van der Waals surface area contributed by atoms with Gasteiger partial charge in [0.05, 0.1) is 17.9 Å². The molecule has 0 radical (unpaired) electrons. The lowest BCUT2D eigenvalue weighted by molar-refractivity contribution is 0.168. The molecule has 2 heterocycles. The molecule has 1 aromatic carbocycles. The van der Waals surface area contributed by atoms with Gasteiger partial charge in [-0.2, -0.15) is 0 Å². The van der Waals surface area contributed by atoms with E-state index in [0.717, 1.165) is 18.4 Å². The van der Waals surface area contributed by atoms with Crippen molar-refractivity contribution in [2.24, 2.45) is 0 Å². The summed E-state index contributed by atoms with van der Waals surface area (Å²) in [5.74, 6) is 1.12. The molecule has 1 atom stereocenters. The topological polar surface area (TPSA) is 47.9 Å². The van der Waals surface area contributed by atoms with E-state index >= 15 is 0 Å². The maximum absolute atomic E-state index is 10.3. The van der Waals surface area contributed by atoms with E-state index in [0.29, 0.717) is 28.7 Å². The molecule has 0 bridgehead atoms. The van der Waals surface area contributed by atoms with Crippen molar-refractivity contribution in [3.63, 3.8) is 0 Å². The highest BCUT2D eigenvalue weighted by Crippen LogP contribution is 2.42. The Bertz CT molecular complexity index is 498. The van der Waals surface area contributed by atoms with Crippen LogP contribution >= 0.6 is 11.6 Å². The van der Waals surface area contributed by atoms with Gasteiger partial charge >= 0.3 is 0 Å². The Hall–Kier alpha value is -1.39. The second-order valence-electron chi connectivity index (χ2n) is 4.31. The fourth-order valence-electron chi connectivity index (χ4n) is 2.14. The summed E-state index contributed by atoms with van der Waals surface area (Å²) in [4.78, 5) is 0. The van der Waals surface area contributed by atoms with Crippen molar-refractivity contribution in [2.45, 2.75) is 18.9 Å². The van der Waals surface area contributed by atoms with Crippen molar-refractivity contribution < 1.29 is 19.3 Å². The minimum Gasteiger partial charge on any atom is -0.501 e. The summed E-state index contributed by atoms with van der Waals surface area (Å²) in [6.07, 6.45) is 2.67. The van der Waals surface area contributed by atoms with E-state index in [4.69, 9.17) is 25.8 Å². The second-order valence-corrected chi connectivity index (χ2v) is 4.71. The summed E-state index contributed by atoms with van der Waals surface area (Å²) in [5.41, 5.74) is 1.55. The second kappa shape index (κ2) is 4.71. The normalized spacial score (nSPS) is 19.1. The number of halogens is 1. The van der Waals surface area contributed by atoms with Gasteiger partial charge in [-0.1, -0.05) is 11.6 Å². The first kappa shape index (κ1) is 11.7. The van der Waals surface area contributed by atoms with Crippen LogP contribution in [0.3, 0.4) is 0 Å². The average molecular weight is 269 g/mol. The van der Waals surface area contributed by atoms with Crippen molar-refractivity contribution in [2.75, 3.05) is 13.4 Å². The molecule has 1 aromatic rings. The molecular weight excluding hydrogens is 256 g/mol. The maximum Gasteiger partial charge on any atom is 0.231 e. The highest BCUT2D eigenvalue weighted by atomic mass is 35.5. The molecule has 2 aliphatic heterocycles. The van der Waals surface area contributed by atoms with Crippen LogP contribution in [0.5, 0.6) is 11.5 Å². The third-order valence-corrected chi connectivity index (χ3v) is 3.36. The predicted octanol–water partition coefficient (Wildman–Crippen LogP) is 2.80. The number of benzene rings is 1. The van der Waals surface area contributed by atoms with Crippen LogP contribution in [0.1, 0.15) is 24.5 Å². The lowest BCUT2D eigenvalue weighted by Crippen LogP contribution is -2.07. The summed E-state index contributed by atoms with van der Waals surface area (Å²) in [6.45, 7) is 0.874. The minimum atomic E-state index is -0.711. The van der Waals surface area contributed by atoms with E-state index < -0.39 is 6.10 Å². The monoisotopic (exact) mass is 268 g/mol. The summed E-state index contributed by atoms with van der Waals surface area (Å²) in [6, 6.07) is 3.46. The number of ether oxygens (including phenoxy) is 3. The number of hydrogen-bond acceptors (Lipinski definition) is 4. The summed E-state index contributed by atoms with van der Waals surface area (Å²) in [7, 11) is 0. The van der Waals surface area contributed by atoms with Gasteiger partial charge < -0.3 is 19.3 Å². The number of rotatable bonds is 2. The Labute approximate surface area is 110 Å². The van der Waals surface area contributed by atoms with E-state index in [1.54, 1.807) is 18.4 Å². The molecule has 1 N–H and O–H groups in total. The molecule has 18 heavy (non-hydrogen) atoms. The minimum absolute atomic E-state index is 0.167. The van der Waals surface area contributed by atoms with Crippen LogP contribution in [0.15, 0.2) is 24.0 Å². The molecular formula is C13H13ClO4. The first-order valence-electron chi connectivity index (χ1n) is 5.83. The molecule has 0 saturated carbocycles. The molecule has 0 aliphatic carbocycles. The fourth-order valence-corrected chi connectivity index (χ4v) is 2.42. The Balaban J connectivity index is 1.92. The highest BCUT2D eigenvalue weighted by molar-refractivity contribution is 6.32. The van der Waals surface area contributed by atoms with Gasteiger partial charge in [0.15, 0.2) is 11.5 Å². The standard InChI is InChI=1S/C13H13ClO4/c14-10-4-9(5-11-13(10)18-7-17-11)12(15)8-2-1-3-16-6-8/h4-6,12,15H,1-3,7H2. The van der Waals surface area contributed by atoms with Crippen LogP contribution in [0.4, 0.5) is 0 Å². The van der Waals surface area contributed by atoms with Crippen LogP contribution in [-0.2, 0) is 4.74 Å². The summed E-state index contributed by atoms with van der Waals surface area (Å²) >= 11 is 6.09. The smallest absolute Gasteiger partial charge is 0.231 e. The number of hydrogen-bond donors (Lipinski definition) is 1. The Kier molecular flexibility index (Phi) is 3.06. The van der Waals surface area contributed by atoms with E-state index in [-0.39, 0.29) is 6.79 Å². The predicted molar refractivity (Wildman–Crippen MR) is 65.8 cm³/mol. The van der Waals surface area contributed by atoms with E-state index in [1.165, 1.54) is 0 Å². The zero-order chi connectivity index (χ0) is 12.5. The van der Waals surface area contributed by atoms with Gasteiger partial charge in [0.2, 0.25) is 6.79 Å². The maximum atomic E-state index is 10.3. The third kappa shape index (κ3) is 2.02. The first-order valence-corrected chi connectivity index (χ1v) is 6.21. The Morgan fingerprint density at radius 2 is 2.17 bits per heavy atom. The van der Waals surface area contributed by atoms with Crippen LogP contribution in [-0.4, -0.2) is 18.5 Å². The van der Waals surface area contributed by atoms with Gasteiger partial charge in [-0.25, -0.2) is 0 Å². The van der Waals surface area contributed by atoms with Crippen LogP contribution < -0.4 is 9.47 Å². The number of fused-ring (bicyclic) bond motifs is 1. The van der Waals surface area contributed by atoms with Crippen LogP contribution in [0.2, 0.25) is 5.02 Å². The van der Waals surface area contributed by atoms with Gasteiger partial charge in [0.1, 0.15) is 6.10 Å². The molecule has 0 fully saturated rings. The Morgan fingerprint density at radius 3 is 2.94 bits per heavy atom. The largest absolute Gasteiger partial charge is 0.501 e. The third-order valence-electron chi connectivity index (χ3n) is 3.08. The SMILES string of the molecule is OC(C1=COCCC1)c1cc(Cl)c2c(c1)OCO2. The van der Waals surface area contributed by atoms with Crippen molar-refractivity contribution in [3.8, 4) is 11.5 Å².